The van der Waals surface area contributed by atoms with Crippen LogP contribution in [0.4, 0.5) is 4.39 Å². The molecule has 1 unspecified atom stereocenters. The number of hydrogen-bond donors (Lipinski definition) is 0. The normalized spacial score (nSPS) is 12.9. The summed E-state index contributed by atoms with van der Waals surface area (Å²) < 4.78 is 21.4. The Kier molecular flexibility index (Phi) is 6.48. The molecule has 6 nitrogen and oxygen atoms in total. The molecular weight excluding hydrogens is 311 g/mol. The van der Waals surface area contributed by atoms with Crippen molar-refractivity contribution in [3.8, 4) is 5.75 Å². The number of aromatic nitrogens is 3. The van der Waals surface area contributed by atoms with Gasteiger partial charge in [-0.15, -0.1) is 0 Å². The summed E-state index contributed by atoms with van der Waals surface area (Å²) in [5, 5.41) is 7.69. The lowest BCUT2D eigenvalue weighted by Crippen LogP contribution is -2.18. The molecular formula is C17H21FN4O2. The van der Waals surface area contributed by atoms with E-state index < -0.39 is 6.30 Å². The summed E-state index contributed by atoms with van der Waals surface area (Å²) in [5.41, 5.74) is 0.664. The number of nitrogens with zero attached hydrogens (tertiary/aromatic N) is 4. The summed E-state index contributed by atoms with van der Waals surface area (Å²) in [7, 11) is 0. The van der Waals surface area contributed by atoms with E-state index in [9.17, 15) is 4.39 Å². The molecule has 2 rings (SSSR count). The molecule has 0 spiro atoms. The van der Waals surface area contributed by atoms with Crippen molar-refractivity contribution in [2.24, 2.45) is 11.1 Å². The van der Waals surface area contributed by atoms with Crippen molar-refractivity contribution in [1.82, 2.24) is 14.8 Å². The molecule has 0 radical (unpaired) electrons. The van der Waals surface area contributed by atoms with Crippen molar-refractivity contribution >= 4 is 5.71 Å². The van der Waals surface area contributed by atoms with Gasteiger partial charge in [0.05, 0.1) is 6.61 Å². The molecule has 0 saturated heterocycles. The first-order valence-electron chi connectivity index (χ1n) is 7.64. The Morgan fingerprint density at radius 2 is 2.12 bits per heavy atom. The fourth-order valence-electron chi connectivity index (χ4n) is 1.84. The molecule has 0 N–H and O–H groups in total. The van der Waals surface area contributed by atoms with Crippen LogP contribution < -0.4 is 4.74 Å². The first kappa shape index (κ1) is 17.7. The number of oxime groups is 1. The van der Waals surface area contributed by atoms with Gasteiger partial charge in [-0.25, -0.2) is 14.1 Å². The topological polar surface area (TPSA) is 61.5 Å². The maximum atomic E-state index is 14.7. The summed E-state index contributed by atoms with van der Waals surface area (Å²) >= 11 is 0. The fourth-order valence-corrected chi connectivity index (χ4v) is 1.84. The predicted octanol–water partition coefficient (Wildman–Crippen LogP) is 3.39. The lowest BCUT2D eigenvalue weighted by Gasteiger charge is -2.13. The number of alkyl halides is 1. The second kappa shape index (κ2) is 8.81. The molecule has 0 saturated carbocycles. The molecule has 7 heteroatoms. The van der Waals surface area contributed by atoms with Crippen molar-refractivity contribution in [2.75, 3.05) is 13.2 Å². The molecule has 0 aliphatic heterocycles. The average Bonchev–Trinajstić information content (AvgIpc) is 3.12. The van der Waals surface area contributed by atoms with Gasteiger partial charge < -0.3 is 9.57 Å². The van der Waals surface area contributed by atoms with Crippen LogP contribution in [0.5, 0.6) is 5.75 Å². The van der Waals surface area contributed by atoms with Gasteiger partial charge in [-0.05, 0) is 30.2 Å². The lowest BCUT2D eigenvalue weighted by atomic mass is 10.1. The van der Waals surface area contributed by atoms with Gasteiger partial charge in [0.15, 0.2) is 0 Å². The van der Waals surface area contributed by atoms with E-state index in [1.54, 1.807) is 24.3 Å². The highest BCUT2D eigenvalue weighted by Crippen LogP contribution is 2.20. The highest BCUT2D eigenvalue weighted by molar-refractivity contribution is 6.02. The fraction of sp³-hybridized carbons (Fsp3) is 0.353. The van der Waals surface area contributed by atoms with Crippen LogP contribution in [0.25, 0.3) is 0 Å². The Hall–Kier alpha value is -2.70. The number of halogens is 1. The molecule has 128 valence electrons. The standard InChI is InChI=1S/C17H21FN4O2/c1-4-9-24-21-16(17(18)22-12-19-11-20-22)14-5-7-15(8-6-14)23-10-13(2)3/h4-8,11-13,17H,1,9-10H2,2-3H3. The number of hydrogen-bond acceptors (Lipinski definition) is 5. The quantitative estimate of drug-likeness (QED) is 0.306. The third kappa shape index (κ3) is 4.91. The Morgan fingerprint density at radius 1 is 1.38 bits per heavy atom. The number of rotatable bonds is 9. The highest BCUT2D eigenvalue weighted by Gasteiger charge is 2.21. The summed E-state index contributed by atoms with van der Waals surface area (Å²) in [4.78, 5) is 8.82. The molecule has 1 heterocycles. The Morgan fingerprint density at radius 3 is 2.71 bits per heavy atom. The molecule has 1 atom stereocenters. The van der Waals surface area contributed by atoms with Crippen molar-refractivity contribution in [3.05, 3.63) is 55.1 Å². The van der Waals surface area contributed by atoms with Crippen LogP contribution in [-0.4, -0.2) is 33.7 Å². The minimum Gasteiger partial charge on any atom is -0.493 e. The first-order chi connectivity index (χ1) is 11.6. The lowest BCUT2D eigenvalue weighted by molar-refractivity contribution is 0.168. The van der Waals surface area contributed by atoms with Crippen LogP contribution in [0.3, 0.4) is 0 Å². The monoisotopic (exact) mass is 332 g/mol. The Bertz CT molecular complexity index is 654. The molecule has 0 fully saturated rings. The second-order valence-corrected chi connectivity index (χ2v) is 5.50. The molecule has 1 aromatic heterocycles. The summed E-state index contributed by atoms with van der Waals surface area (Å²) in [5.74, 6) is 1.15. The van der Waals surface area contributed by atoms with E-state index >= 15 is 0 Å². The van der Waals surface area contributed by atoms with E-state index in [1.807, 2.05) is 0 Å². The van der Waals surface area contributed by atoms with Crippen LogP contribution in [0.1, 0.15) is 25.7 Å². The Balaban J connectivity index is 2.20. The minimum atomic E-state index is -1.61. The zero-order valence-corrected chi connectivity index (χ0v) is 13.8. The van der Waals surface area contributed by atoms with Crippen LogP contribution in [0.2, 0.25) is 0 Å². The maximum Gasteiger partial charge on any atom is 0.239 e. The van der Waals surface area contributed by atoms with Gasteiger partial charge in [0, 0.05) is 5.56 Å². The highest BCUT2D eigenvalue weighted by atomic mass is 19.1. The molecule has 0 aliphatic rings. The average molecular weight is 332 g/mol. The molecule has 0 bridgehead atoms. The summed E-state index contributed by atoms with van der Waals surface area (Å²) in [6.45, 7) is 8.48. The van der Waals surface area contributed by atoms with Crippen LogP contribution in [0.15, 0.2) is 54.7 Å². The third-order valence-electron chi connectivity index (χ3n) is 2.98. The predicted molar refractivity (Wildman–Crippen MR) is 89.6 cm³/mol. The van der Waals surface area contributed by atoms with Crippen molar-refractivity contribution < 1.29 is 14.0 Å². The minimum absolute atomic E-state index is 0.0951. The van der Waals surface area contributed by atoms with Crippen molar-refractivity contribution in [2.45, 2.75) is 20.1 Å². The third-order valence-corrected chi connectivity index (χ3v) is 2.98. The Labute approximate surface area is 140 Å². The van der Waals surface area contributed by atoms with Crippen LogP contribution in [0, 0.1) is 5.92 Å². The summed E-state index contributed by atoms with van der Waals surface area (Å²) in [6.07, 6.45) is 2.47. The van der Waals surface area contributed by atoms with E-state index in [0.29, 0.717) is 18.1 Å². The molecule has 1 aromatic carbocycles. The molecule has 0 amide bonds. The molecule has 2 aromatic rings. The molecule has 0 aliphatic carbocycles. The van der Waals surface area contributed by atoms with E-state index in [-0.39, 0.29) is 12.3 Å². The van der Waals surface area contributed by atoms with Gasteiger partial charge in [-0.3, -0.25) is 0 Å². The molecule has 24 heavy (non-hydrogen) atoms. The van der Waals surface area contributed by atoms with Crippen molar-refractivity contribution in [1.29, 1.82) is 0 Å². The van der Waals surface area contributed by atoms with E-state index in [2.05, 4.69) is 35.7 Å². The maximum absolute atomic E-state index is 14.7. The van der Waals surface area contributed by atoms with Gasteiger partial charge in [0.1, 0.15) is 30.7 Å². The van der Waals surface area contributed by atoms with Crippen molar-refractivity contribution in [3.63, 3.8) is 0 Å². The second-order valence-electron chi connectivity index (χ2n) is 5.50. The van der Waals surface area contributed by atoms with Gasteiger partial charge in [0.25, 0.3) is 0 Å². The first-order valence-corrected chi connectivity index (χ1v) is 7.64. The number of ether oxygens (including phenoxy) is 1. The SMILES string of the molecule is C=CCON=C(c1ccc(OCC(C)C)cc1)C(F)n1cncn1. The van der Waals surface area contributed by atoms with E-state index in [4.69, 9.17) is 9.57 Å². The summed E-state index contributed by atoms with van der Waals surface area (Å²) in [6, 6.07) is 7.01. The largest absolute Gasteiger partial charge is 0.493 e. The van der Waals surface area contributed by atoms with Gasteiger partial charge in [-0.1, -0.05) is 31.7 Å². The van der Waals surface area contributed by atoms with Gasteiger partial charge in [0.2, 0.25) is 6.30 Å². The van der Waals surface area contributed by atoms with E-state index in [0.717, 1.165) is 10.4 Å². The zero-order valence-electron chi connectivity index (χ0n) is 13.8. The van der Waals surface area contributed by atoms with E-state index in [1.165, 1.54) is 18.7 Å². The van der Waals surface area contributed by atoms with Crippen LogP contribution in [-0.2, 0) is 4.84 Å². The van der Waals surface area contributed by atoms with Gasteiger partial charge >= 0.3 is 0 Å². The number of benzene rings is 1. The zero-order chi connectivity index (χ0) is 17.4. The smallest absolute Gasteiger partial charge is 0.239 e. The van der Waals surface area contributed by atoms with Gasteiger partial charge in [-0.2, -0.15) is 5.10 Å². The van der Waals surface area contributed by atoms with Crippen LogP contribution >= 0.6 is 0 Å².